The molecule has 2 rings (SSSR count). The molecule has 3 heteroatoms. The number of carbonyl (C=O) groups is 1. The normalized spacial score (nSPS) is 12.0. The Kier molecular flexibility index (Phi) is 7.52. The molecule has 134 valence electrons. The Morgan fingerprint density at radius 2 is 1.68 bits per heavy atom. The highest BCUT2D eigenvalue weighted by Gasteiger charge is 2.13. The van der Waals surface area contributed by atoms with Gasteiger partial charge < -0.3 is 9.47 Å². The van der Waals surface area contributed by atoms with Crippen molar-refractivity contribution in [3.05, 3.63) is 65.7 Å². The Labute approximate surface area is 151 Å². The summed E-state index contributed by atoms with van der Waals surface area (Å²) in [5, 5.41) is 0. The van der Waals surface area contributed by atoms with Gasteiger partial charge in [-0.2, -0.15) is 0 Å². The standard InChI is InChI=1S/C22H28O3/c1-4-24-22(23)20-10-12-21(13-11-20)25-16-19(14-17(2)3)15-18-8-6-5-7-9-18/h5-13,17,19H,4,14-16H2,1-3H3. The van der Waals surface area contributed by atoms with Crippen LogP contribution >= 0.6 is 0 Å². The Hall–Kier alpha value is -2.29. The zero-order chi connectivity index (χ0) is 18.1. The lowest BCUT2D eigenvalue weighted by molar-refractivity contribution is 0.0526. The molecule has 2 aromatic carbocycles. The van der Waals surface area contributed by atoms with Crippen molar-refractivity contribution in [2.24, 2.45) is 11.8 Å². The van der Waals surface area contributed by atoms with Gasteiger partial charge in [0.2, 0.25) is 0 Å². The second kappa shape index (κ2) is 9.87. The Bertz CT molecular complexity index is 632. The smallest absolute Gasteiger partial charge is 0.338 e. The summed E-state index contributed by atoms with van der Waals surface area (Å²) in [6.07, 6.45) is 2.13. The number of benzene rings is 2. The molecule has 0 aliphatic heterocycles. The number of carbonyl (C=O) groups excluding carboxylic acids is 1. The Balaban J connectivity index is 1.94. The van der Waals surface area contributed by atoms with Gasteiger partial charge in [-0.05, 0) is 61.4 Å². The first-order chi connectivity index (χ1) is 12.1. The summed E-state index contributed by atoms with van der Waals surface area (Å²) < 4.78 is 11.0. The van der Waals surface area contributed by atoms with Crippen LogP contribution in [0.15, 0.2) is 54.6 Å². The van der Waals surface area contributed by atoms with Crippen molar-refractivity contribution in [3.8, 4) is 5.75 Å². The molecule has 0 saturated carbocycles. The molecule has 25 heavy (non-hydrogen) atoms. The van der Waals surface area contributed by atoms with E-state index < -0.39 is 0 Å². The molecule has 1 unspecified atom stereocenters. The molecule has 0 heterocycles. The first-order valence-electron chi connectivity index (χ1n) is 9.02. The molecule has 0 radical (unpaired) electrons. The van der Waals surface area contributed by atoms with E-state index in [1.807, 2.05) is 18.2 Å². The molecular weight excluding hydrogens is 312 g/mol. The van der Waals surface area contributed by atoms with Gasteiger partial charge in [-0.1, -0.05) is 44.2 Å². The van der Waals surface area contributed by atoms with Gasteiger partial charge in [0, 0.05) is 0 Å². The third kappa shape index (κ3) is 6.61. The van der Waals surface area contributed by atoms with Crippen molar-refractivity contribution in [1.29, 1.82) is 0 Å². The fourth-order valence-electron chi connectivity index (χ4n) is 2.94. The molecular formula is C22H28O3. The zero-order valence-corrected chi connectivity index (χ0v) is 15.4. The van der Waals surface area contributed by atoms with Crippen molar-refractivity contribution in [3.63, 3.8) is 0 Å². The number of hydrogen-bond donors (Lipinski definition) is 0. The number of rotatable bonds is 9. The molecule has 3 nitrogen and oxygen atoms in total. The molecule has 2 aromatic rings. The molecule has 0 aromatic heterocycles. The van der Waals surface area contributed by atoms with Gasteiger partial charge in [-0.15, -0.1) is 0 Å². The molecule has 0 spiro atoms. The van der Waals surface area contributed by atoms with Crippen molar-refractivity contribution in [2.45, 2.75) is 33.6 Å². The van der Waals surface area contributed by atoms with E-state index in [-0.39, 0.29) is 5.97 Å². The maximum absolute atomic E-state index is 11.7. The van der Waals surface area contributed by atoms with E-state index in [1.54, 1.807) is 19.1 Å². The van der Waals surface area contributed by atoms with E-state index >= 15 is 0 Å². The van der Waals surface area contributed by atoms with Crippen LogP contribution in [0.25, 0.3) is 0 Å². The van der Waals surface area contributed by atoms with E-state index in [4.69, 9.17) is 9.47 Å². The van der Waals surface area contributed by atoms with Crippen LogP contribution in [0.2, 0.25) is 0 Å². The summed E-state index contributed by atoms with van der Waals surface area (Å²) in [5.41, 5.74) is 1.90. The quantitative estimate of drug-likeness (QED) is 0.592. The van der Waals surface area contributed by atoms with Gasteiger partial charge in [0.1, 0.15) is 5.75 Å². The highest BCUT2D eigenvalue weighted by atomic mass is 16.5. The van der Waals surface area contributed by atoms with Crippen LogP contribution in [0, 0.1) is 11.8 Å². The third-order valence-corrected chi connectivity index (χ3v) is 4.02. The van der Waals surface area contributed by atoms with E-state index in [0.29, 0.717) is 30.6 Å². The summed E-state index contributed by atoms with van der Waals surface area (Å²) in [5.74, 6) is 1.58. The van der Waals surface area contributed by atoms with E-state index in [1.165, 1.54) is 5.56 Å². The van der Waals surface area contributed by atoms with Crippen LogP contribution in [-0.4, -0.2) is 19.2 Å². The van der Waals surface area contributed by atoms with Crippen LogP contribution in [0.3, 0.4) is 0 Å². The van der Waals surface area contributed by atoms with Crippen LogP contribution in [0.5, 0.6) is 5.75 Å². The fraction of sp³-hybridized carbons (Fsp3) is 0.409. The van der Waals surface area contributed by atoms with Crippen LogP contribution in [0.1, 0.15) is 43.1 Å². The molecule has 0 amide bonds. The average molecular weight is 340 g/mol. The summed E-state index contributed by atoms with van der Waals surface area (Å²) in [6, 6.07) is 17.7. The minimum Gasteiger partial charge on any atom is -0.493 e. The van der Waals surface area contributed by atoms with Gasteiger partial charge in [0.05, 0.1) is 18.8 Å². The highest BCUT2D eigenvalue weighted by molar-refractivity contribution is 5.89. The van der Waals surface area contributed by atoms with Crippen LogP contribution in [0.4, 0.5) is 0 Å². The summed E-state index contributed by atoms with van der Waals surface area (Å²) in [4.78, 5) is 11.7. The SMILES string of the molecule is CCOC(=O)c1ccc(OCC(Cc2ccccc2)CC(C)C)cc1. The Morgan fingerprint density at radius 3 is 2.28 bits per heavy atom. The lowest BCUT2D eigenvalue weighted by Gasteiger charge is -2.20. The monoisotopic (exact) mass is 340 g/mol. The topological polar surface area (TPSA) is 35.5 Å². The van der Waals surface area contributed by atoms with Gasteiger partial charge in [-0.25, -0.2) is 4.79 Å². The second-order valence-corrected chi connectivity index (χ2v) is 6.74. The fourth-order valence-corrected chi connectivity index (χ4v) is 2.94. The maximum atomic E-state index is 11.7. The first-order valence-corrected chi connectivity index (χ1v) is 9.02. The molecule has 1 atom stereocenters. The van der Waals surface area contributed by atoms with Crippen LogP contribution in [-0.2, 0) is 11.2 Å². The molecule has 0 fully saturated rings. The number of esters is 1. The van der Waals surface area contributed by atoms with E-state index in [0.717, 1.165) is 18.6 Å². The number of hydrogen-bond acceptors (Lipinski definition) is 3. The van der Waals surface area contributed by atoms with Gasteiger partial charge in [0.15, 0.2) is 0 Å². The van der Waals surface area contributed by atoms with Gasteiger partial charge >= 0.3 is 5.97 Å². The van der Waals surface area contributed by atoms with Gasteiger partial charge in [0.25, 0.3) is 0 Å². The van der Waals surface area contributed by atoms with E-state index in [9.17, 15) is 4.79 Å². The van der Waals surface area contributed by atoms with E-state index in [2.05, 4.69) is 38.1 Å². The van der Waals surface area contributed by atoms with Crippen molar-refractivity contribution < 1.29 is 14.3 Å². The molecule has 0 N–H and O–H groups in total. The molecule has 0 aliphatic carbocycles. The van der Waals surface area contributed by atoms with Crippen molar-refractivity contribution >= 4 is 5.97 Å². The largest absolute Gasteiger partial charge is 0.493 e. The molecule has 0 saturated heterocycles. The van der Waals surface area contributed by atoms with Crippen molar-refractivity contribution in [1.82, 2.24) is 0 Å². The molecule has 0 aliphatic rings. The minimum absolute atomic E-state index is 0.296. The predicted molar refractivity (Wildman–Crippen MR) is 101 cm³/mol. The minimum atomic E-state index is -0.296. The molecule has 0 bridgehead atoms. The predicted octanol–water partition coefficient (Wildman–Crippen LogP) is 5.15. The zero-order valence-electron chi connectivity index (χ0n) is 15.4. The summed E-state index contributed by atoms with van der Waals surface area (Å²) in [6.45, 7) is 7.34. The van der Waals surface area contributed by atoms with Crippen molar-refractivity contribution in [2.75, 3.05) is 13.2 Å². The lowest BCUT2D eigenvalue weighted by atomic mass is 9.91. The second-order valence-electron chi connectivity index (χ2n) is 6.74. The average Bonchev–Trinajstić information content (AvgIpc) is 2.61. The first kappa shape index (κ1) is 19.0. The van der Waals surface area contributed by atoms with Crippen LogP contribution < -0.4 is 4.74 Å². The summed E-state index contributed by atoms with van der Waals surface area (Å²) in [7, 11) is 0. The van der Waals surface area contributed by atoms with Gasteiger partial charge in [-0.3, -0.25) is 0 Å². The maximum Gasteiger partial charge on any atom is 0.338 e. The lowest BCUT2D eigenvalue weighted by Crippen LogP contribution is -2.17. The Morgan fingerprint density at radius 1 is 1.00 bits per heavy atom. The summed E-state index contributed by atoms with van der Waals surface area (Å²) >= 11 is 0. The third-order valence-electron chi connectivity index (χ3n) is 4.02. The number of ether oxygens (including phenoxy) is 2. The highest BCUT2D eigenvalue weighted by Crippen LogP contribution is 2.20.